The van der Waals surface area contributed by atoms with Crippen molar-refractivity contribution in [1.29, 1.82) is 0 Å². The highest BCUT2D eigenvalue weighted by atomic mass is 32.2. The number of alkyl halides is 3. The fourth-order valence-electron chi connectivity index (χ4n) is 4.52. The predicted octanol–water partition coefficient (Wildman–Crippen LogP) is 4.72. The van der Waals surface area contributed by atoms with Crippen molar-refractivity contribution in [2.24, 2.45) is 0 Å². The molecule has 0 amide bonds. The first-order valence-electron chi connectivity index (χ1n) is 9.89. The van der Waals surface area contributed by atoms with Gasteiger partial charge in [0.05, 0.1) is 7.11 Å². The summed E-state index contributed by atoms with van der Waals surface area (Å²) < 4.78 is 70.0. The predicted molar refractivity (Wildman–Crippen MR) is 114 cm³/mol. The molecule has 1 atom stereocenters. The standard InChI is InChI=1S/C24H19F3O5S/c1-31-21(28)23(19-12-14-20(15-13-19)32-33(29,30)24(25,26)27)16-22(23,17-8-4-2-5-9-17)18-10-6-3-7-11-18/h2-15H,16H2,1H3/t23-/m1/s1. The van der Waals surface area contributed by atoms with E-state index in [-0.39, 0.29) is 0 Å². The van der Waals surface area contributed by atoms with Crippen molar-refractivity contribution < 1.29 is 35.3 Å². The Morgan fingerprint density at radius 1 is 0.818 bits per heavy atom. The van der Waals surface area contributed by atoms with E-state index < -0.39 is 38.2 Å². The summed E-state index contributed by atoms with van der Waals surface area (Å²) in [6, 6.07) is 23.8. The number of carbonyl (C=O) groups excluding carboxylic acids is 1. The van der Waals surface area contributed by atoms with Gasteiger partial charge in [-0.2, -0.15) is 21.6 Å². The summed E-state index contributed by atoms with van der Waals surface area (Å²) in [6.45, 7) is 0. The largest absolute Gasteiger partial charge is 0.534 e. The van der Waals surface area contributed by atoms with E-state index in [0.29, 0.717) is 12.0 Å². The first-order valence-corrected chi connectivity index (χ1v) is 11.3. The van der Waals surface area contributed by atoms with E-state index in [9.17, 15) is 26.4 Å². The van der Waals surface area contributed by atoms with Crippen LogP contribution in [0.4, 0.5) is 13.2 Å². The van der Waals surface area contributed by atoms with Gasteiger partial charge in [0.2, 0.25) is 0 Å². The van der Waals surface area contributed by atoms with E-state index in [1.807, 2.05) is 60.7 Å². The molecule has 9 heteroatoms. The molecule has 0 heterocycles. The number of hydrogen-bond donors (Lipinski definition) is 0. The molecule has 1 fully saturated rings. The molecule has 1 saturated carbocycles. The summed E-state index contributed by atoms with van der Waals surface area (Å²) in [6.07, 6.45) is 0.363. The zero-order valence-corrected chi connectivity index (χ0v) is 18.2. The number of carbonyl (C=O) groups is 1. The first kappa shape index (κ1) is 22.8. The number of halogens is 3. The number of ether oxygens (including phenoxy) is 1. The maximum absolute atomic E-state index is 13.2. The Morgan fingerprint density at radius 3 is 1.73 bits per heavy atom. The van der Waals surface area contributed by atoms with Gasteiger partial charge in [0.1, 0.15) is 11.2 Å². The molecule has 0 bridgehead atoms. The van der Waals surface area contributed by atoms with E-state index in [2.05, 4.69) is 4.18 Å². The third-order valence-corrected chi connectivity index (χ3v) is 7.02. The van der Waals surface area contributed by atoms with Crippen LogP contribution in [0.2, 0.25) is 0 Å². The summed E-state index contributed by atoms with van der Waals surface area (Å²) in [5, 5.41) is 0. The molecular formula is C24H19F3O5S. The lowest BCUT2D eigenvalue weighted by Gasteiger charge is -2.26. The average Bonchev–Trinajstić information content (AvgIpc) is 3.52. The Balaban J connectivity index is 1.82. The fourth-order valence-corrected chi connectivity index (χ4v) is 4.98. The molecule has 1 aliphatic carbocycles. The van der Waals surface area contributed by atoms with Crippen molar-refractivity contribution in [2.45, 2.75) is 22.8 Å². The second-order valence-electron chi connectivity index (χ2n) is 7.72. The minimum absolute atomic E-state index is 0.363. The van der Waals surface area contributed by atoms with Crippen LogP contribution in [0.1, 0.15) is 23.1 Å². The third kappa shape index (κ3) is 3.56. The minimum Gasteiger partial charge on any atom is -0.468 e. The summed E-state index contributed by atoms with van der Waals surface area (Å²) in [5.74, 6) is -1.02. The Bertz CT molecular complexity index is 1220. The van der Waals surface area contributed by atoms with E-state index in [0.717, 1.165) is 23.3 Å². The molecule has 0 N–H and O–H groups in total. The molecule has 0 radical (unpaired) electrons. The van der Waals surface area contributed by atoms with E-state index >= 15 is 0 Å². The number of esters is 1. The van der Waals surface area contributed by atoms with Gasteiger partial charge in [0.15, 0.2) is 0 Å². The first-order chi connectivity index (χ1) is 15.6. The quantitative estimate of drug-likeness (QED) is 0.293. The Morgan fingerprint density at radius 2 is 1.30 bits per heavy atom. The van der Waals surface area contributed by atoms with Crippen molar-refractivity contribution in [3.05, 3.63) is 102 Å². The van der Waals surface area contributed by atoms with E-state index in [1.165, 1.54) is 19.2 Å². The zero-order valence-electron chi connectivity index (χ0n) is 17.4. The Kier molecular flexibility index (Phi) is 5.48. The highest BCUT2D eigenvalue weighted by Crippen LogP contribution is 2.69. The zero-order chi connectivity index (χ0) is 23.9. The van der Waals surface area contributed by atoms with Crippen LogP contribution in [0.25, 0.3) is 0 Å². The molecule has 0 saturated heterocycles. The number of rotatable bonds is 6. The molecule has 0 unspecified atom stereocenters. The lowest BCUT2D eigenvalue weighted by molar-refractivity contribution is -0.144. The van der Waals surface area contributed by atoms with Gasteiger partial charge in [-0.25, -0.2) is 0 Å². The highest BCUT2D eigenvalue weighted by Gasteiger charge is 2.74. The SMILES string of the molecule is COC(=O)[C@]1(c2ccc(OS(=O)(=O)C(F)(F)F)cc2)CC1(c1ccccc1)c1ccccc1. The van der Waals surface area contributed by atoms with Gasteiger partial charge < -0.3 is 8.92 Å². The number of hydrogen-bond acceptors (Lipinski definition) is 5. The van der Waals surface area contributed by atoms with Crippen LogP contribution in [-0.4, -0.2) is 27.0 Å². The van der Waals surface area contributed by atoms with Crippen molar-refractivity contribution in [2.75, 3.05) is 7.11 Å². The lowest BCUT2D eigenvalue weighted by Crippen LogP contribution is -2.33. The lowest BCUT2D eigenvalue weighted by atomic mass is 9.77. The third-order valence-electron chi connectivity index (χ3n) is 6.04. The number of benzene rings is 3. The molecule has 172 valence electrons. The van der Waals surface area contributed by atoms with Gasteiger partial charge in [0.25, 0.3) is 0 Å². The van der Waals surface area contributed by atoms with Crippen LogP contribution in [0, 0.1) is 0 Å². The van der Waals surface area contributed by atoms with Crippen molar-refractivity contribution in [3.63, 3.8) is 0 Å². The minimum atomic E-state index is -5.80. The van der Waals surface area contributed by atoms with Crippen molar-refractivity contribution >= 4 is 16.1 Å². The van der Waals surface area contributed by atoms with Crippen LogP contribution >= 0.6 is 0 Å². The molecule has 5 nitrogen and oxygen atoms in total. The summed E-state index contributed by atoms with van der Waals surface area (Å²) >= 11 is 0. The fraction of sp³-hybridized carbons (Fsp3) is 0.208. The molecule has 0 aliphatic heterocycles. The second-order valence-corrected chi connectivity index (χ2v) is 9.26. The van der Waals surface area contributed by atoms with Gasteiger partial charge in [-0.1, -0.05) is 72.8 Å². The topological polar surface area (TPSA) is 69.7 Å². The molecular weight excluding hydrogens is 457 g/mol. The van der Waals surface area contributed by atoms with Crippen LogP contribution < -0.4 is 4.18 Å². The Hall–Kier alpha value is -3.33. The molecule has 33 heavy (non-hydrogen) atoms. The van der Waals surface area contributed by atoms with Gasteiger partial charge in [0, 0.05) is 5.41 Å². The molecule has 1 aliphatic rings. The van der Waals surface area contributed by atoms with Crippen molar-refractivity contribution in [3.8, 4) is 5.75 Å². The molecule has 3 aromatic rings. The molecule has 3 aromatic carbocycles. The molecule has 0 aromatic heterocycles. The van der Waals surface area contributed by atoms with Crippen LogP contribution in [0.3, 0.4) is 0 Å². The summed E-state index contributed by atoms with van der Waals surface area (Å²) in [7, 11) is -4.53. The second kappa shape index (κ2) is 7.91. The van der Waals surface area contributed by atoms with Crippen LogP contribution in [0.5, 0.6) is 5.75 Å². The maximum atomic E-state index is 13.2. The highest BCUT2D eigenvalue weighted by molar-refractivity contribution is 7.88. The molecule has 0 spiro atoms. The van der Waals surface area contributed by atoms with Gasteiger partial charge in [-0.15, -0.1) is 0 Å². The summed E-state index contributed by atoms with van der Waals surface area (Å²) in [4.78, 5) is 13.2. The van der Waals surface area contributed by atoms with Crippen LogP contribution in [0.15, 0.2) is 84.9 Å². The normalized spacial score (nSPS) is 19.5. The van der Waals surface area contributed by atoms with Gasteiger partial charge in [-0.3, -0.25) is 4.79 Å². The Labute approximate surface area is 188 Å². The monoisotopic (exact) mass is 476 g/mol. The van der Waals surface area contributed by atoms with Gasteiger partial charge in [-0.05, 0) is 35.2 Å². The van der Waals surface area contributed by atoms with Gasteiger partial charge >= 0.3 is 21.6 Å². The maximum Gasteiger partial charge on any atom is 0.534 e. The molecule has 4 rings (SSSR count). The van der Waals surface area contributed by atoms with E-state index in [1.54, 1.807) is 0 Å². The smallest absolute Gasteiger partial charge is 0.468 e. The van der Waals surface area contributed by atoms with Crippen molar-refractivity contribution in [1.82, 2.24) is 0 Å². The van der Waals surface area contributed by atoms with E-state index in [4.69, 9.17) is 4.74 Å². The number of methoxy groups -OCH3 is 1. The van der Waals surface area contributed by atoms with Crippen LogP contribution in [-0.2, 0) is 30.5 Å². The average molecular weight is 476 g/mol. The summed E-state index contributed by atoms with van der Waals surface area (Å²) in [5.41, 5.74) is -5.26.